The second-order valence-electron chi connectivity index (χ2n) is 17.2. The fourth-order valence-electron chi connectivity index (χ4n) is 6.53. The quantitative estimate of drug-likeness (QED) is 0.0259. The van der Waals surface area contributed by atoms with Crippen molar-refractivity contribution in [3.63, 3.8) is 0 Å². The van der Waals surface area contributed by atoms with Crippen LogP contribution in [-0.4, -0.2) is 154 Å². The number of thiol groups is 1. The van der Waals surface area contributed by atoms with Crippen molar-refractivity contribution in [2.75, 3.05) is 25.4 Å². The van der Waals surface area contributed by atoms with Gasteiger partial charge in [-0.3, -0.25) is 47.9 Å². The molecule has 10 amide bonds. The van der Waals surface area contributed by atoms with Crippen molar-refractivity contribution in [1.29, 1.82) is 0 Å². The smallest absolute Gasteiger partial charge is 0.245 e. The molecule has 0 radical (unpaired) electrons. The van der Waals surface area contributed by atoms with E-state index < -0.39 is 145 Å². The standard InChI is InChI=1S/C46H67N11O14S/c1-6-24(4)39(57-40(65)25(5)47)46(71)55-34(21-59)44(69)53-31(15-26-7-11-29(60)12-8-26)41(66)49-18-36(63)52-33(17-35(48)62)42(67)50-19-37(64)56-38(23(2)3)45(70)54-32(43(68)51-28(20-58)22-72)16-27-9-13-30(61)14-10-27/h7-14,20,23-25,28,31-34,38-39,59-61,72H,6,15-19,21-22,47H2,1-5H3,(H2,48,62)(H,49,66)(H,50,67)(H,51,68)(H,52,63)(H,53,69)(H,54,70)(H,55,71)(H,56,64)(H,57,65). The molecule has 0 heterocycles. The molecule has 25 nitrogen and oxygen atoms in total. The van der Waals surface area contributed by atoms with Gasteiger partial charge in [0.1, 0.15) is 54.0 Å². The Bertz CT molecular complexity index is 2220. The molecule has 0 fully saturated rings. The second kappa shape index (κ2) is 30.4. The molecule has 0 saturated heterocycles. The van der Waals surface area contributed by atoms with Gasteiger partial charge >= 0.3 is 0 Å². The molecule has 0 aromatic heterocycles. The van der Waals surface area contributed by atoms with E-state index in [2.05, 4.69) is 60.5 Å². The van der Waals surface area contributed by atoms with Crippen LogP contribution < -0.4 is 59.3 Å². The zero-order chi connectivity index (χ0) is 54.2. The SMILES string of the molecule is CCC(C)C(NC(=O)C(C)N)C(=O)NC(CO)C(=O)NC(Cc1ccc(O)cc1)C(=O)NCC(=O)NC(CC(N)=O)C(=O)NCC(=O)NC(C(=O)NC(Cc1ccc(O)cc1)C(=O)NC(C=O)CS)C(C)C. The first-order valence-corrected chi connectivity index (χ1v) is 23.5. The van der Waals surface area contributed by atoms with Crippen LogP contribution in [0.5, 0.6) is 11.5 Å². The van der Waals surface area contributed by atoms with E-state index in [1.54, 1.807) is 27.7 Å². The Labute approximate surface area is 421 Å². The van der Waals surface area contributed by atoms with Crippen LogP contribution in [-0.2, 0) is 65.6 Å². The van der Waals surface area contributed by atoms with Gasteiger partial charge in [-0.25, -0.2) is 0 Å². The lowest BCUT2D eigenvalue weighted by Crippen LogP contribution is -2.60. The number of phenolic OH excluding ortho intramolecular Hbond substituents is 2. The lowest BCUT2D eigenvalue weighted by atomic mass is 9.97. The summed E-state index contributed by atoms with van der Waals surface area (Å²) in [5.74, 6) is -10.3. The predicted molar refractivity (Wildman–Crippen MR) is 262 cm³/mol. The van der Waals surface area contributed by atoms with Gasteiger partial charge < -0.3 is 79.4 Å². The van der Waals surface area contributed by atoms with Gasteiger partial charge in [0.25, 0.3) is 0 Å². The number of hydrogen-bond donors (Lipinski definition) is 15. The highest BCUT2D eigenvalue weighted by molar-refractivity contribution is 7.80. The van der Waals surface area contributed by atoms with Crippen LogP contribution in [0.1, 0.15) is 58.6 Å². The number of benzene rings is 2. The van der Waals surface area contributed by atoms with Crippen molar-refractivity contribution >= 4 is 78.0 Å². The van der Waals surface area contributed by atoms with Gasteiger partial charge in [0.2, 0.25) is 59.1 Å². The van der Waals surface area contributed by atoms with Crippen LogP contribution in [0.25, 0.3) is 0 Å². The van der Waals surface area contributed by atoms with Crippen molar-refractivity contribution in [2.45, 2.75) is 109 Å². The van der Waals surface area contributed by atoms with Gasteiger partial charge in [-0.05, 0) is 54.2 Å². The Morgan fingerprint density at radius 2 is 1.03 bits per heavy atom. The number of aliphatic hydroxyl groups is 1. The van der Waals surface area contributed by atoms with Crippen molar-refractivity contribution in [3.8, 4) is 11.5 Å². The third-order valence-electron chi connectivity index (χ3n) is 10.9. The molecule has 2 aromatic rings. The number of rotatable bonds is 30. The summed E-state index contributed by atoms with van der Waals surface area (Å²) in [6, 6.07) is 0.874. The van der Waals surface area contributed by atoms with E-state index in [0.717, 1.165) is 0 Å². The Kier molecular flexibility index (Phi) is 25.7. The summed E-state index contributed by atoms with van der Waals surface area (Å²) in [6.45, 7) is 5.46. The molecule has 16 N–H and O–H groups in total. The number of aliphatic hydroxyl groups excluding tert-OH is 1. The predicted octanol–water partition coefficient (Wildman–Crippen LogP) is -4.45. The molecule has 2 aromatic carbocycles. The third kappa shape index (κ3) is 21.0. The minimum atomic E-state index is -1.69. The Morgan fingerprint density at radius 1 is 0.583 bits per heavy atom. The van der Waals surface area contributed by atoms with Crippen LogP contribution >= 0.6 is 12.6 Å². The Hall–Kier alpha value is -7.32. The molecule has 0 saturated carbocycles. The molecule has 0 aliphatic rings. The molecule has 72 heavy (non-hydrogen) atoms. The van der Waals surface area contributed by atoms with Gasteiger partial charge in [-0.15, -0.1) is 0 Å². The van der Waals surface area contributed by atoms with Crippen LogP contribution in [0.2, 0.25) is 0 Å². The lowest BCUT2D eigenvalue weighted by molar-refractivity contribution is -0.135. The zero-order valence-corrected chi connectivity index (χ0v) is 41.5. The summed E-state index contributed by atoms with van der Waals surface area (Å²) in [4.78, 5) is 142. The van der Waals surface area contributed by atoms with E-state index in [1.807, 2.05) is 0 Å². The minimum absolute atomic E-state index is 0.0326. The van der Waals surface area contributed by atoms with E-state index in [-0.39, 0.29) is 30.1 Å². The van der Waals surface area contributed by atoms with Gasteiger partial charge in [0.05, 0.1) is 38.2 Å². The Morgan fingerprint density at radius 3 is 1.47 bits per heavy atom. The highest BCUT2D eigenvalue weighted by atomic mass is 32.1. The number of aromatic hydroxyl groups is 2. The maximum Gasteiger partial charge on any atom is 0.245 e. The van der Waals surface area contributed by atoms with E-state index in [4.69, 9.17) is 11.5 Å². The monoisotopic (exact) mass is 1030 g/mol. The minimum Gasteiger partial charge on any atom is -0.508 e. The number of hydrogen-bond acceptors (Lipinski definition) is 16. The topological polar surface area (TPSA) is 409 Å². The first-order valence-electron chi connectivity index (χ1n) is 22.9. The summed E-state index contributed by atoms with van der Waals surface area (Å²) < 4.78 is 0. The number of nitrogens with one attached hydrogen (secondary N) is 9. The number of phenols is 2. The molecular weight excluding hydrogens is 963 g/mol. The molecule has 0 aliphatic heterocycles. The van der Waals surface area contributed by atoms with Crippen molar-refractivity contribution < 1.29 is 68.1 Å². The van der Waals surface area contributed by atoms with Crippen LogP contribution in [0.15, 0.2) is 48.5 Å². The summed E-state index contributed by atoms with van der Waals surface area (Å²) in [5, 5.41) is 51.2. The number of amides is 10. The van der Waals surface area contributed by atoms with Gasteiger partial charge in [0, 0.05) is 18.6 Å². The molecule has 26 heteroatoms. The Balaban J connectivity index is 2.17. The largest absolute Gasteiger partial charge is 0.508 e. The maximum absolute atomic E-state index is 13.6. The average molecular weight is 1030 g/mol. The molecule has 9 unspecified atom stereocenters. The lowest BCUT2D eigenvalue weighted by Gasteiger charge is -2.27. The summed E-state index contributed by atoms with van der Waals surface area (Å²) in [5.41, 5.74) is 11.9. The number of nitrogens with two attached hydrogens (primary N) is 2. The number of primary amides is 1. The van der Waals surface area contributed by atoms with Gasteiger partial charge in [-0.2, -0.15) is 12.6 Å². The van der Waals surface area contributed by atoms with Crippen molar-refractivity contribution in [3.05, 3.63) is 59.7 Å². The molecule has 9 atom stereocenters. The van der Waals surface area contributed by atoms with E-state index in [1.165, 1.54) is 55.5 Å². The molecule has 0 aliphatic carbocycles. The highest BCUT2D eigenvalue weighted by Crippen LogP contribution is 2.14. The highest BCUT2D eigenvalue weighted by Gasteiger charge is 2.34. The van der Waals surface area contributed by atoms with Gasteiger partial charge in [-0.1, -0.05) is 58.4 Å². The van der Waals surface area contributed by atoms with Gasteiger partial charge in [0.15, 0.2) is 0 Å². The third-order valence-corrected chi connectivity index (χ3v) is 11.3. The maximum atomic E-state index is 13.6. The molecule has 396 valence electrons. The first kappa shape index (κ1) is 60.8. The van der Waals surface area contributed by atoms with E-state index in [0.29, 0.717) is 23.8 Å². The van der Waals surface area contributed by atoms with Crippen molar-refractivity contribution in [1.82, 2.24) is 47.9 Å². The van der Waals surface area contributed by atoms with E-state index >= 15 is 0 Å². The molecule has 0 bridgehead atoms. The normalized spacial score (nSPS) is 14.7. The van der Waals surface area contributed by atoms with Crippen LogP contribution in [0.3, 0.4) is 0 Å². The van der Waals surface area contributed by atoms with Crippen LogP contribution in [0, 0.1) is 11.8 Å². The second-order valence-corrected chi connectivity index (χ2v) is 17.6. The summed E-state index contributed by atoms with van der Waals surface area (Å²) >= 11 is 4.04. The number of carbonyl (C=O) groups is 11. The number of carbonyl (C=O) groups excluding carboxylic acids is 11. The first-order chi connectivity index (χ1) is 33.9. The molecule has 0 spiro atoms. The van der Waals surface area contributed by atoms with E-state index in [9.17, 15) is 68.1 Å². The molecule has 2 rings (SSSR count). The van der Waals surface area contributed by atoms with Crippen molar-refractivity contribution in [2.24, 2.45) is 23.3 Å². The fraction of sp³-hybridized carbons (Fsp3) is 0.500. The summed E-state index contributed by atoms with van der Waals surface area (Å²) in [7, 11) is 0. The zero-order valence-electron chi connectivity index (χ0n) is 40.6. The number of aldehydes is 1. The molecular formula is C46H67N11O14S. The summed E-state index contributed by atoms with van der Waals surface area (Å²) in [6.07, 6.45) is -0.191. The fourth-order valence-corrected chi connectivity index (χ4v) is 6.71. The van der Waals surface area contributed by atoms with Crippen LogP contribution in [0.4, 0.5) is 0 Å². The average Bonchev–Trinajstić information content (AvgIpc) is 3.33.